The van der Waals surface area contributed by atoms with Gasteiger partial charge in [0.25, 0.3) is 5.69 Å². The minimum Gasteiger partial charge on any atom is -0.317 e. The van der Waals surface area contributed by atoms with Crippen molar-refractivity contribution in [1.82, 2.24) is 5.32 Å². The van der Waals surface area contributed by atoms with E-state index in [-0.39, 0.29) is 10.6 Å². The highest BCUT2D eigenvalue weighted by Gasteiger charge is 2.23. The zero-order valence-corrected chi connectivity index (χ0v) is 10.8. The van der Waals surface area contributed by atoms with Crippen LogP contribution in [0.2, 0.25) is 0 Å². The van der Waals surface area contributed by atoms with Crippen LogP contribution >= 0.6 is 0 Å². The molecule has 0 aromatic heterocycles. The minimum absolute atomic E-state index is 0.174. The highest BCUT2D eigenvalue weighted by molar-refractivity contribution is 5.33. The fourth-order valence-electron chi connectivity index (χ4n) is 2.89. The van der Waals surface area contributed by atoms with Crippen molar-refractivity contribution in [3.63, 3.8) is 0 Å². The molecule has 0 spiro atoms. The van der Waals surface area contributed by atoms with Crippen molar-refractivity contribution in [3.8, 4) is 0 Å². The molecule has 4 heteroatoms. The Balaban J connectivity index is 2.01. The number of hydrogen-bond acceptors (Lipinski definition) is 3. The normalized spacial score (nSPS) is 23.8. The first kappa shape index (κ1) is 13.0. The number of nitro benzene ring substituents is 1. The first-order chi connectivity index (χ1) is 8.70. The Hall–Kier alpha value is -1.42. The van der Waals surface area contributed by atoms with Crippen molar-refractivity contribution in [2.24, 2.45) is 5.92 Å². The van der Waals surface area contributed by atoms with Crippen LogP contribution in [0.3, 0.4) is 0 Å². The number of nitro groups is 1. The summed E-state index contributed by atoms with van der Waals surface area (Å²) < 4.78 is 0. The van der Waals surface area contributed by atoms with Crippen molar-refractivity contribution >= 4 is 5.69 Å². The fourth-order valence-corrected chi connectivity index (χ4v) is 2.89. The van der Waals surface area contributed by atoms with E-state index in [2.05, 4.69) is 5.32 Å². The van der Waals surface area contributed by atoms with Crippen molar-refractivity contribution in [1.29, 1.82) is 0 Å². The van der Waals surface area contributed by atoms with Gasteiger partial charge >= 0.3 is 0 Å². The first-order valence-corrected chi connectivity index (χ1v) is 6.61. The molecule has 0 bridgehead atoms. The molecule has 1 aliphatic carbocycles. The molecular weight excluding hydrogens is 228 g/mol. The molecule has 0 aliphatic heterocycles. The van der Waals surface area contributed by atoms with Crippen molar-refractivity contribution < 1.29 is 4.92 Å². The van der Waals surface area contributed by atoms with Crippen molar-refractivity contribution in [2.45, 2.75) is 38.1 Å². The lowest BCUT2D eigenvalue weighted by Crippen LogP contribution is -2.37. The standard InChI is InChI=1S/C14H20N2O2/c1-15-14-5-3-2-4-12(14)10-11-6-8-13(9-7-11)16(17)18/h6-9,12,14-15H,2-5,10H2,1H3. The van der Waals surface area contributed by atoms with Gasteiger partial charge in [0, 0.05) is 18.2 Å². The molecule has 0 saturated heterocycles. The zero-order chi connectivity index (χ0) is 13.0. The topological polar surface area (TPSA) is 55.2 Å². The van der Waals surface area contributed by atoms with E-state index < -0.39 is 0 Å². The Morgan fingerprint density at radius 2 is 1.94 bits per heavy atom. The number of nitrogens with one attached hydrogen (secondary N) is 1. The Kier molecular flexibility index (Phi) is 4.31. The monoisotopic (exact) mass is 248 g/mol. The summed E-state index contributed by atoms with van der Waals surface area (Å²) in [5, 5.41) is 14.0. The summed E-state index contributed by atoms with van der Waals surface area (Å²) >= 11 is 0. The maximum Gasteiger partial charge on any atom is 0.269 e. The molecule has 1 N–H and O–H groups in total. The van der Waals surface area contributed by atoms with Gasteiger partial charge in [-0.1, -0.05) is 25.0 Å². The van der Waals surface area contributed by atoms with Crippen molar-refractivity contribution in [3.05, 3.63) is 39.9 Å². The quantitative estimate of drug-likeness (QED) is 0.658. The summed E-state index contributed by atoms with van der Waals surface area (Å²) in [6.45, 7) is 0. The van der Waals surface area contributed by atoms with Crippen LogP contribution in [-0.4, -0.2) is 18.0 Å². The summed E-state index contributed by atoms with van der Waals surface area (Å²) in [6, 6.07) is 7.58. The fraction of sp³-hybridized carbons (Fsp3) is 0.571. The van der Waals surface area contributed by atoms with Crippen LogP contribution in [0.5, 0.6) is 0 Å². The number of rotatable bonds is 4. The van der Waals surface area contributed by atoms with Gasteiger partial charge in [0.1, 0.15) is 0 Å². The van der Waals surface area contributed by atoms with Gasteiger partial charge in [-0.3, -0.25) is 10.1 Å². The molecule has 0 heterocycles. The molecule has 1 saturated carbocycles. The SMILES string of the molecule is CNC1CCCCC1Cc1ccc([N+](=O)[O-])cc1. The third-order valence-electron chi connectivity index (χ3n) is 3.92. The van der Waals surface area contributed by atoms with Crippen LogP contribution in [0.15, 0.2) is 24.3 Å². The molecule has 2 atom stereocenters. The summed E-state index contributed by atoms with van der Waals surface area (Å²) in [5.41, 5.74) is 1.38. The summed E-state index contributed by atoms with van der Waals surface area (Å²) in [5.74, 6) is 0.658. The van der Waals surface area contributed by atoms with E-state index >= 15 is 0 Å². The second kappa shape index (κ2) is 5.96. The second-order valence-corrected chi connectivity index (χ2v) is 5.07. The van der Waals surface area contributed by atoms with Gasteiger partial charge in [0.05, 0.1) is 4.92 Å². The minimum atomic E-state index is -0.346. The molecule has 18 heavy (non-hydrogen) atoms. The van der Waals surface area contributed by atoms with E-state index in [1.54, 1.807) is 12.1 Å². The highest BCUT2D eigenvalue weighted by atomic mass is 16.6. The van der Waals surface area contributed by atoms with Gasteiger partial charge in [-0.25, -0.2) is 0 Å². The Bertz CT molecular complexity index is 403. The maximum atomic E-state index is 10.6. The summed E-state index contributed by atoms with van der Waals surface area (Å²) in [7, 11) is 2.03. The number of non-ortho nitro benzene ring substituents is 1. The van der Waals surface area contributed by atoms with Crippen LogP contribution < -0.4 is 5.32 Å². The Morgan fingerprint density at radius 1 is 1.28 bits per heavy atom. The van der Waals surface area contributed by atoms with Gasteiger partial charge in [-0.05, 0) is 37.8 Å². The van der Waals surface area contributed by atoms with Crippen molar-refractivity contribution in [2.75, 3.05) is 7.05 Å². The predicted octanol–water partition coefficient (Wildman–Crippen LogP) is 2.92. The average molecular weight is 248 g/mol. The van der Waals surface area contributed by atoms with Gasteiger partial charge in [0.2, 0.25) is 0 Å². The molecule has 0 amide bonds. The van der Waals surface area contributed by atoms with E-state index in [4.69, 9.17) is 0 Å². The Labute approximate surface area is 108 Å². The molecule has 1 fully saturated rings. The third kappa shape index (κ3) is 3.07. The molecule has 98 valence electrons. The zero-order valence-electron chi connectivity index (χ0n) is 10.8. The van der Waals surface area contributed by atoms with E-state index in [9.17, 15) is 10.1 Å². The van der Waals surface area contributed by atoms with E-state index in [1.807, 2.05) is 19.2 Å². The molecule has 2 unspecified atom stereocenters. The lowest BCUT2D eigenvalue weighted by Gasteiger charge is -2.31. The largest absolute Gasteiger partial charge is 0.317 e. The van der Waals surface area contributed by atoms with Crippen LogP contribution in [0.25, 0.3) is 0 Å². The molecular formula is C14H20N2O2. The van der Waals surface area contributed by atoms with Gasteiger partial charge in [0.15, 0.2) is 0 Å². The summed E-state index contributed by atoms with van der Waals surface area (Å²) in [6.07, 6.45) is 6.12. The molecule has 0 radical (unpaired) electrons. The number of benzene rings is 1. The van der Waals surface area contributed by atoms with E-state index in [1.165, 1.54) is 31.2 Å². The lowest BCUT2D eigenvalue weighted by atomic mass is 9.81. The highest BCUT2D eigenvalue weighted by Crippen LogP contribution is 2.27. The predicted molar refractivity (Wildman–Crippen MR) is 71.6 cm³/mol. The maximum absolute atomic E-state index is 10.6. The molecule has 4 nitrogen and oxygen atoms in total. The lowest BCUT2D eigenvalue weighted by molar-refractivity contribution is -0.384. The molecule has 1 aliphatic rings. The van der Waals surface area contributed by atoms with Crippen LogP contribution in [0, 0.1) is 16.0 Å². The van der Waals surface area contributed by atoms with Gasteiger partial charge in [-0.15, -0.1) is 0 Å². The van der Waals surface area contributed by atoms with E-state index in [0.29, 0.717) is 12.0 Å². The molecule has 1 aromatic carbocycles. The molecule has 1 aromatic rings. The van der Waals surface area contributed by atoms with E-state index in [0.717, 1.165) is 6.42 Å². The summed E-state index contributed by atoms with van der Waals surface area (Å²) in [4.78, 5) is 10.2. The first-order valence-electron chi connectivity index (χ1n) is 6.61. The number of hydrogen-bond donors (Lipinski definition) is 1. The third-order valence-corrected chi connectivity index (χ3v) is 3.92. The smallest absolute Gasteiger partial charge is 0.269 e. The van der Waals surface area contributed by atoms with Crippen LogP contribution in [-0.2, 0) is 6.42 Å². The van der Waals surface area contributed by atoms with Crippen LogP contribution in [0.4, 0.5) is 5.69 Å². The average Bonchev–Trinajstić information content (AvgIpc) is 2.40. The van der Waals surface area contributed by atoms with Gasteiger partial charge in [-0.2, -0.15) is 0 Å². The van der Waals surface area contributed by atoms with Crippen LogP contribution in [0.1, 0.15) is 31.2 Å². The Morgan fingerprint density at radius 3 is 2.56 bits per heavy atom. The second-order valence-electron chi connectivity index (χ2n) is 5.07. The molecule has 2 rings (SSSR count). The number of nitrogens with zero attached hydrogens (tertiary/aromatic N) is 1. The van der Waals surface area contributed by atoms with Gasteiger partial charge < -0.3 is 5.32 Å².